The Morgan fingerprint density at radius 2 is 1.50 bits per heavy atom. The molecule has 8 nitrogen and oxygen atoms in total. The molecule has 40 heavy (non-hydrogen) atoms. The maximum atomic E-state index is 12.5. The Bertz CT molecular complexity index is 885. The molecule has 8 heteroatoms. The molecule has 2 heterocycles. The van der Waals surface area contributed by atoms with E-state index >= 15 is 0 Å². The zero-order valence-electron chi connectivity index (χ0n) is 27.3. The molecule has 2 aliphatic rings. The Kier molecular flexibility index (Phi) is 12.5. The van der Waals surface area contributed by atoms with E-state index in [9.17, 15) is 9.59 Å². The lowest BCUT2D eigenvalue weighted by molar-refractivity contribution is -0.430. The molecule has 3 atom stereocenters. The van der Waals surface area contributed by atoms with Crippen LogP contribution in [-0.4, -0.2) is 70.5 Å². The van der Waals surface area contributed by atoms with Crippen molar-refractivity contribution in [1.29, 1.82) is 0 Å². The predicted octanol–water partition coefficient (Wildman–Crippen LogP) is 5.77. The summed E-state index contributed by atoms with van der Waals surface area (Å²) in [5.74, 6) is 0. The van der Waals surface area contributed by atoms with Crippen molar-refractivity contribution >= 4 is 17.8 Å². The van der Waals surface area contributed by atoms with Crippen LogP contribution in [0.3, 0.4) is 0 Å². The lowest BCUT2D eigenvalue weighted by Gasteiger charge is -2.50. The van der Waals surface area contributed by atoms with Crippen molar-refractivity contribution in [3.05, 3.63) is 0 Å². The highest BCUT2D eigenvalue weighted by atomic mass is 16.2. The van der Waals surface area contributed by atoms with Gasteiger partial charge in [0, 0.05) is 49.6 Å². The van der Waals surface area contributed by atoms with E-state index in [0.717, 1.165) is 96.7 Å². The number of hydrogen-bond acceptors (Lipinski definition) is 4. The van der Waals surface area contributed by atoms with Crippen molar-refractivity contribution in [1.82, 2.24) is 15.5 Å². The zero-order valence-corrected chi connectivity index (χ0v) is 27.3. The monoisotopic (exact) mass is 564 g/mol. The Hall–Kier alpha value is -1.67. The molecule has 0 saturated carbocycles. The second-order valence-corrected chi connectivity index (χ2v) is 15.0. The molecule has 6 N–H and O–H groups in total. The van der Waals surface area contributed by atoms with Gasteiger partial charge in [0.25, 0.3) is 0 Å². The minimum Gasteiger partial charge on any atom is -0.351 e. The number of nitrogens with one attached hydrogen (secondary N) is 2. The van der Waals surface area contributed by atoms with Gasteiger partial charge in [0.2, 0.25) is 0 Å². The number of piperidine rings is 1. The number of primary amides is 2. The number of rotatable bonds is 12. The van der Waals surface area contributed by atoms with E-state index in [-0.39, 0.29) is 40.0 Å². The highest BCUT2D eigenvalue weighted by Gasteiger charge is 2.42. The van der Waals surface area contributed by atoms with Gasteiger partial charge in [0.1, 0.15) is 0 Å². The first-order valence-corrected chi connectivity index (χ1v) is 16.0. The molecule has 0 radical (unpaired) electrons. The van der Waals surface area contributed by atoms with Gasteiger partial charge >= 0.3 is 12.1 Å². The number of urea groups is 2. The van der Waals surface area contributed by atoms with E-state index < -0.39 is 0 Å². The van der Waals surface area contributed by atoms with Crippen molar-refractivity contribution in [3.8, 4) is 0 Å². The second kappa shape index (κ2) is 14.5. The maximum Gasteiger partial charge on any atom is 0.488 e. The minimum absolute atomic E-state index is 0.0176. The largest absolute Gasteiger partial charge is 0.488 e. The van der Waals surface area contributed by atoms with Gasteiger partial charge in [0.05, 0.1) is 12.3 Å². The van der Waals surface area contributed by atoms with Crippen LogP contribution < -0.4 is 22.1 Å². The summed E-state index contributed by atoms with van der Waals surface area (Å²) in [5, 5.41) is 7.42. The van der Waals surface area contributed by atoms with Gasteiger partial charge in [-0.15, -0.1) is 0 Å². The van der Waals surface area contributed by atoms with Crippen LogP contribution in [0.5, 0.6) is 0 Å². The number of amides is 4. The van der Waals surface area contributed by atoms with Crippen LogP contribution in [0.1, 0.15) is 132 Å². The van der Waals surface area contributed by atoms with E-state index in [2.05, 4.69) is 66.0 Å². The molecule has 0 aromatic carbocycles. The van der Waals surface area contributed by atoms with Crippen LogP contribution in [0.15, 0.2) is 0 Å². The molecular weight excluding hydrogens is 500 g/mol. The van der Waals surface area contributed by atoms with Crippen molar-refractivity contribution < 1.29 is 14.2 Å². The molecular formula is C32H63N6O2+. The van der Waals surface area contributed by atoms with Crippen LogP contribution >= 0.6 is 0 Å². The van der Waals surface area contributed by atoms with Gasteiger partial charge in [0.15, 0.2) is 0 Å². The standard InChI is InChI=1S/C32H62N6O2/c1-9-31(7)21-25(19-29(3,4)23-35-24-31)37(27(33)39)17-15-13-11-12-14-16-18-38(28(34)40)26-20-30(5,6)36-32(8,10-2)22-26/h26,35-36H,9-24H2,1-8H3,(H3-,33,34,39,40)/p+1/b37-25+/t26?,31?,32-/m1/s1. The Morgan fingerprint density at radius 1 is 0.875 bits per heavy atom. The summed E-state index contributed by atoms with van der Waals surface area (Å²) < 4.78 is 1.89. The smallest absolute Gasteiger partial charge is 0.351 e. The topological polar surface area (TPSA) is 116 Å². The van der Waals surface area contributed by atoms with Crippen molar-refractivity contribution in [2.75, 3.05) is 26.2 Å². The molecule has 0 aromatic rings. The zero-order chi connectivity index (χ0) is 30.2. The fourth-order valence-corrected chi connectivity index (χ4v) is 7.09. The van der Waals surface area contributed by atoms with E-state index in [4.69, 9.17) is 11.5 Å². The van der Waals surface area contributed by atoms with E-state index in [0.29, 0.717) is 6.54 Å². The fraction of sp³-hybridized carbons (Fsp3) is 0.906. The lowest BCUT2D eigenvalue weighted by atomic mass is 9.75. The van der Waals surface area contributed by atoms with Crippen LogP contribution in [-0.2, 0) is 0 Å². The van der Waals surface area contributed by atoms with E-state index in [1.165, 1.54) is 5.71 Å². The van der Waals surface area contributed by atoms with Crippen molar-refractivity contribution in [3.63, 3.8) is 0 Å². The molecule has 0 aromatic heterocycles. The van der Waals surface area contributed by atoms with E-state index in [1.54, 1.807) is 0 Å². The Labute approximate surface area is 245 Å². The third kappa shape index (κ3) is 10.6. The first kappa shape index (κ1) is 34.5. The quantitative estimate of drug-likeness (QED) is 0.178. The molecule has 2 rings (SSSR count). The number of unbranched alkanes of at least 4 members (excludes halogenated alkanes) is 5. The van der Waals surface area contributed by atoms with Gasteiger partial charge < -0.3 is 21.3 Å². The molecule has 2 fully saturated rings. The molecule has 2 saturated heterocycles. The summed E-state index contributed by atoms with van der Waals surface area (Å²) in [7, 11) is 0. The van der Waals surface area contributed by atoms with Crippen molar-refractivity contribution in [2.24, 2.45) is 22.3 Å². The molecule has 0 bridgehead atoms. The number of carbonyl (C=O) groups excluding carboxylic acids is 2. The lowest BCUT2D eigenvalue weighted by Crippen LogP contribution is -2.64. The first-order chi connectivity index (χ1) is 18.5. The minimum atomic E-state index is -0.315. The molecule has 232 valence electrons. The molecule has 2 unspecified atom stereocenters. The normalized spacial score (nSPS) is 29.8. The average molecular weight is 564 g/mol. The van der Waals surface area contributed by atoms with Gasteiger partial charge in [-0.2, -0.15) is 9.37 Å². The summed E-state index contributed by atoms with van der Waals surface area (Å²) >= 11 is 0. The van der Waals surface area contributed by atoms with Gasteiger partial charge in [-0.1, -0.05) is 53.9 Å². The van der Waals surface area contributed by atoms with Gasteiger partial charge in [-0.25, -0.2) is 4.79 Å². The third-order valence-corrected chi connectivity index (χ3v) is 9.58. The SMILES string of the molecule is CCC1(C)CNCC(C)(C)C/C(=[N+](/CCCCCCCCN(C(N)=O)C2CC(C)(C)N[C@](C)(CC)C2)C(N)=O)C1. The maximum absolute atomic E-state index is 12.5. The fourth-order valence-electron chi connectivity index (χ4n) is 7.09. The summed E-state index contributed by atoms with van der Waals surface area (Å²) in [4.78, 5) is 26.8. The van der Waals surface area contributed by atoms with E-state index in [1.807, 2.05) is 9.48 Å². The number of carbonyl (C=O) groups is 2. The second-order valence-electron chi connectivity index (χ2n) is 15.0. The first-order valence-electron chi connectivity index (χ1n) is 16.0. The molecule has 0 spiro atoms. The Balaban J connectivity index is 1.85. The predicted molar refractivity (Wildman–Crippen MR) is 167 cm³/mol. The van der Waals surface area contributed by atoms with Crippen LogP contribution in [0, 0.1) is 10.8 Å². The molecule has 0 aliphatic carbocycles. The highest BCUT2D eigenvalue weighted by molar-refractivity contribution is 5.85. The molecule has 4 amide bonds. The summed E-state index contributed by atoms with van der Waals surface area (Å²) in [6, 6.07) is -0.429. The van der Waals surface area contributed by atoms with Crippen LogP contribution in [0.25, 0.3) is 0 Å². The van der Waals surface area contributed by atoms with Gasteiger partial charge in [-0.3, -0.25) is 5.73 Å². The summed E-state index contributed by atoms with van der Waals surface area (Å²) in [6.45, 7) is 21.3. The Morgan fingerprint density at radius 3 is 2.08 bits per heavy atom. The summed E-state index contributed by atoms with van der Waals surface area (Å²) in [6.07, 6.45) is 12.1. The van der Waals surface area contributed by atoms with Crippen molar-refractivity contribution in [2.45, 2.75) is 150 Å². The highest BCUT2D eigenvalue weighted by Crippen LogP contribution is 2.34. The number of nitrogens with zero attached hydrogens (tertiary/aromatic N) is 2. The van der Waals surface area contributed by atoms with Crippen LogP contribution in [0.2, 0.25) is 0 Å². The van der Waals surface area contributed by atoms with Crippen LogP contribution in [0.4, 0.5) is 9.59 Å². The molecule has 2 aliphatic heterocycles. The number of nitrogens with two attached hydrogens (primary N) is 2. The summed E-state index contributed by atoms with van der Waals surface area (Å²) in [5.41, 5.74) is 13.2. The number of hydrogen-bond donors (Lipinski definition) is 4. The average Bonchev–Trinajstić information content (AvgIpc) is 2.82. The third-order valence-electron chi connectivity index (χ3n) is 9.58. The van der Waals surface area contributed by atoms with Gasteiger partial charge in [-0.05, 0) is 76.5 Å².